The highest BCUT2D eigenvalue weighted by atomic mass is 16.5. The number of carbonyl (C=O) groups is 1. The van der Waals surface area contributed by atoms with Crippen LogP contribution in [0.15, 0.2) is 12.2 Å². The highest BCUT2D eigenvalue weighted by Gasteiger charge is 2.11. The van der Waals surface area contributed by atoms with E-state index in [1.807, 2.05) is 0 Å². The van der Waals surface area contributed by atoms with E-state index < -0.39 is 0 Å². The fourth-order valence-corrected chi connectivity index (χ4v) is 3.99. The van der Waals surface area contributed by atoms with E-state index in [9.17, 15) is 4.79 Å². The van der Waals surface area contributed by atoms with Gasteiger partial charge in [0.2, 0.25) is 0 Å². The van der Waals surface area contributed by atoms with Crippen LogP contribution in [0.1, 0.15) is 122 Å². The molecule has 0 N–H and O–H groups in total. The second-order valence-electron chi connectivity index (χ2n) is 10.1. The molecular weight excluding hydrogens is 438 g/mol. The van der Waals surface area contributed by atoms with Crippen LogP contribution in [0.25, 0.3) is 0 Å². The summed E-state index contributed by atoms with van der Waals surface area (Å²) in [6.45, 7) is 5.28. The number of unbranched alkanes of at least 4 members (excludes halogenated alkanes) is 14. The van der Waals surface area contributed by atoms with E-state index in [1.54, 1.807) is 0 Å². The number of ether oxygens (including phenoxy) is 3. The van der Waals surface area contributed by atoms with Gasteiger partial charge >= 0.3 is 5.97 Å². The molecule has 35 heavy (non-hydrogen) atoms. The summed E-state index contributed by atoms with van der Waals surface area (Å²) >= 11 is 0. The number of esters is 1. The summed E-state index contributed by atoms with van der Waals surface area (Å²) in [6, 6.07) is 0.291. The normalized spacial score (nSPS) is 12.6. The molecule has 0 saturated heterocycles. The maximum Gasteiger partial charge on any atom is 0.305 e. The van der Waals surface area contributed by atoms with Gasteiger partial charge in [0, 0.05) is 19.6 Å². The van der Waals surface area contributed by atoms with Gasteiger partial charge in [0.15, 0.2) is 0 Å². The van der Waals surface area contributed by atoms with Gasteiger partial charge < -0.3 is 19.1 Å². The molecule has 0 spiro atoms. The summed E-state index contributed by atoms with van der Waals surface area (Å²) in [7, 11) is 5.60. The molecule has 0 heterocycles. The van der Waals surface area contributed by atoms with E-state index >= 15 is 0 Å². The van der Waals surface area contributed by atoms with Crippen molar-refractivity contribution in [3.05, 3.63) is 12.2 Å². The zero-order valence-electron chi connectivity index (χ0n) is 23.9. The van der Waals surface area contributed by atoms with Crippen molar-refractivity contribution in [3.8, 4) is 0 Å². The van der Waals surface area contributed by atoms with Gasteiger partial charge in [-0.05, 0) is 59.0 Å². The van der Waals surface area contributed by atoms with Gasteiger partial charge in [0.25, 0.3) is 0 Å². The second-order valence-corrected chi connectivity index (χ2v) is 10.1. The van der Waals surface area contributed by atoms with E-state index in [2.05, 4.69) is 42.8 Å². The fraction of sp³-hybridized carbons (Fsp3) is 0.900. The van der Waals surface area contributed by atoms with Crippen LogP contribution >= 0.6 is 0 Å². The number of likely N-dealkylation sites (N-methyl/N-ethyl adjacent to an activating group) is 1. The van der Waals surface area contributed by atoms with Crippen molar-refractivity contribution in [1.82, 2.24) is 4.90 Å². The Morgan fingerprint density at radius 1 is 0.686 bits per heavy atom. The first-order valence-corrected chi connectivity index (χ1v) is 14.7. The van der Waals surface area contributed by atoms with E-state index in [0.717, 1.165) is 45.5 Å². The predicted octanol–water partition coefficient (Wildman–Crippen LogP) is 7.72. The number of methoxy groups -OCH3 is 1. The van der Waals surface area contributed by atoms with E-state index in [4.69, 9.17) is 9.47 Å². The number of allylic oxidation sites excluding steroid dienone is 2. The van der Waals surface area contributed by atoms with Crippen LogP contribution in [-0.4, -0.2) is 64.5 Å². The molecule has 5 heteroatoms. The standard InChI is InChI=1S/C30H59NO4/c1-5-6-7-8-9-10-11-12-13-14-15-16-17-18-19-22-25-34-27-29(31(2)3)28-35-26-23-20-21-24-30(32)33-4/h12-13,29H,5-11,14-28H2,1-4H3/b13-12-. The summed E-state index contributed by atoms with van der Waals surface area (Å²) in [5.74, 6) is -0.127. The maximum absolute atomic E-state index is 11.1. The molecule has 0 amide bonds. The molecule has 0 aliphatic carbocycles. The van der Waals surface area contributed by atoms with Gasteiger partial charge in [-0.15, -0.1) is 0 Å². The van der Waals surface area contributed by atoms with Crippen LogP contribution < -0.4 is 0 Å². The van der Waals surface area contributed by atoms with Crippen molar-refractivity contribution < 1.29 is 19.0 Å². The summed E-state index contributed by atoms with van der Waals surface area (Å²) in [5.41, 5.74) is 0. The topological polar surface area (TPSA) is 48.0 Å². The van der Waals surface area contributed by atoms with Crippen molar-refractivity contribution in [3.63, 3.8) is 0 Å². The van der Waals surface area contributed by atoms with Gasteiger partial charge in [-0.25, -0.2) is 0 Å². The number of nitrogens with zero attached hydrogens (tertiary/aromatic N) is 1. The van der Waals surface area contributed by atoms with E-state index in [-0.39, 0.29) is 5.97 Å². The lowest BCUT2D eigenvalue weighted by molar-refractivity contribution is -0.140. The molecule has 0 fully saturated rings. The highest BCUT2D eigenvalue weighted by Crippen LogP contribution is 2.10. The Balaban J connectivity index is 3.44. The largest absolute Gasteiger partial charge is 0.469 e. The van der Waals surface area contributed by atoms with Crippen molar-refractivity contribution >= 4 is 5.97 Å². The molecule has 0 aromatic rings. The minimum Gasteiger partial charge on any atom is -0.469 e. The predicted molar refractivity (Wildman–Crippen MR) is 149 cm³/mol. The number of rotatable bonds is 27. The van der Waals surface area contributed by atoms with Gasteiger partial charge in [-0.1, -0.05) is 83.3 Å². The molecule has 0 aromatic heterocycles. The van der Waals surface area contributed by atoms with E-state index in [0.29, 0.717) is 19.1 Å². The van der Waals surface area contributed by atoms with Crippen molar-refractivity contribution in [2.24, 2.45) is 0 Å². The summed E-state index contributed by atoms with van der Waals surface area (Å²) in [5, 5.41) is 0. The minimum absolute atomic E-state index is 0.127. The Hall–Kier alpha value is -0.910. The van der Waals surface area contributed by atoms with Gasteiger partial charge in [-0.3, -0.25) is 4.79 Å². The van der Waals surface area contributed by atoms with Crippen molar-refractivity contribution in [2.75, 3.05) is 47.6 Å². The zero-order chi connectivity index (χ0) is 25.8. The first kappa shape index (κ1) is 34.1. The van der Waals surface area contributed by atoms with Gasteiger partial charge in [-0.2, -0.15) is 0 Å². The van der Waals surface area contributed by atoms with Crippen LogP contribution in [0.2, 0.25) is 0 Å². The molecule has 0 aliphatic heterocycles. The Morgan fingerprint density at radius 2 is 1.14 bits per heavy atom. The number of hydrogen-bond acceptors (Lipinski definition) is 5. The molecule has 1 unspecified atom stereocenters. The van der Waals surface area contributed by atoms with Crippen LogP contribution in [0.3, 0.4) is 0 Å². The smallest absolute Gasteiger partial charge is 0.305 e. The van der Waals surface area contributed by atoms with Gasteiger partial charge in [0.05, 0.1) is 26.4 Å². The average molecular weight is 498 g/mol. The molecule has 5 nitrogen and oxygen atoms in total. The quantitative estimate of drug-likeness (QED) is 0.0660. The Labute approximate surface area is 218 Å². The lowest BCUT2D eigenvalue weighted by atomic mass is 10.1. The van der Waals surface area contributed by atoms with E-state index in [1.165, 1.54) is 90.6 Å². The molecule has 0 saturated carbocycles. The van der Waals surface area contributed by atoms with Crippen LogP contribution in [0, 0.1) is 0 Å². The SMILES string of the molecule is CCCCCCCC/C=C\CCCCCCCCOCC(COCCCCCC(=O)OC)N(C)C. The molecule has 208 valence electrons. The zero-order valence-corrected chi connectivity index (χ0v) is 23.9. The van der Waals surface area contributed by atoms with Crippen LogP contribution in [0.5, 0.6) is 0 Å². The first-order chi connectivity index (χ1) is 17.1. The molecule has 0 radical (unpaired) electrons. The highest BCUT2D eigenvalue weighted by molar-refractivity contribution is 5.68. The second kappa shape index (κ2) is 27.7. The Bertz CT molecular complexity index is 467. The van der Waals surface area contributed by atoms with Crippen LogP contribution in [0.4, 0.5) is 0 Å². The minimum atomic E-state index is -0.127. The third-order valence-electron chi connectivity index (χ3n) is 6.55. The molecular formula is C30H59NO4. The Morgan fingerprint density at radius 3 is 1.63 bits per heavy atom. The van der Waals surface area contributed by atoms with Crippen molar-refractivity contribution in [2.45, 2.75) is 129 Å². The molecule has 0 rings (SSSR count). The molecule has 1 atom stereocenters. The van der Waals surface area contributed by atoms with Gasteiger partial charge in [0.1, 0.15) is 0 Å². The monoisotopic (exact) mass is 497 g/mol. The summed E-state index contributed by atoms with van der Waals surface area (Å²) < 4.78 is 16.4. The fourth-order valence-electron chi connectivity index (χ4n) is 3.99. The average Bonchev–Trinajstić information content (AvgIpc) is 2.85. The third kappa shape index (κ3) is 26.0. The summed E-state index contributed by atoms with van der Waals surface area (Å²) in [6.07, 6.45) is 26.8. The third-order valence-corrected chi connectivity index (χ3v) is 6.55. The Kier molecular flexibility index (Phi) is 27.0. The molecule has 0 aromatic carbocycles. The summed E-state index contributed by atoms with van der Waals surface area (Å²) in [4.78, 5) is 13.3. The van der Waals surface area contributed by atoms with Crippen molar-refractivity contribution in [1.29, 1.82) is 0 Å². The molecule has 0 aliphatic rings. The number of hydrogen-bond donors (Lipinski definition) is 0. The lowest BCUT2D eigenvalue weighted by Gasteiger charge is -2.24. The number of carbonyl (C=O) groups excluding carboxylic acids is 1. The maximum atomic E-state index is 11.1. The van der Waals surface area contributed by atoms with Crippen LogP contribution in [-0.2, 0) is 19.0 Å². The molecule has 0 bridgehead atoms. The first-order valence-electron chi connectivity index (χ1n) is 14.7. The lowest BCUT2D eigenvalue weighted by Crippen LogP contribution is -2.37.